The first-order valence-corrected chi connectivity index (χ1v) is 11.2. The van der Waals surface area contributed by atoms with E-state index in [0.29, 0.717) is 11.9 Å². The minimum atomic E-state index is -3.66. The molecule has 0 aromatic carbocycles. The van der Waals surface area contributed by atoms with Gasteiger partial charge >= 0.3 is 0 Å². The van der Waals surface area contributed by atoms with Crippen LogP contribution in [0.4, 0.5) is 14.6 Å². The normalized spacial score (nSPS) is 20.8. The van der Waals surface area contributed by atoms with E-state index >= 15 is 0 Å². The Labute approximate surface area is 180 Å². The van der Waals surface area contributed by atoms with Gasteiger partial charge < -0.3 is 15.8 Å². The maximum Gasteiger partial charge on any atom is 0.278 e. The molecular formula is C16H19F2N7O4S2. The molecule has 11 nitrogen and oxygen atoms in total. The van der Waals surface area contributed by atoms with Gasteiger partial charge in [0.2, 0.25) is 21.9 Å². The minimum absolute atomic E-state index is 0.0968. The molecule has 3 heterocycles. The van der Waals surface area contributed by atoms with E-state index in [0.717, 1.165) is 28.0 Å². The van der Waals surface area contributed by atoms with E-state index in [-0.39, 0.29) is 29.1 Å². The lowest BCUT2D eigenvalue weighted by molar-refractivity contribution is -0.0243. The van der Waals surface area contributed by atoms with Crippen LogP contribution in [0.15, 0.2) is 22.8 Å². The van der Waals surface area contributed by atoms with Gasteiger partial charge in [-0.15, -0.1) is 11.3 Å². The zero-order valence-electron chi connectivity index (χ0n) is 16.7. The van der Waals surface area contributed by atoms with Crippen LogP contribution in [0.2, 0.25) is 0 Å². The second-order valence-corrected chi connectivity index (χ2v) is 9.92. The lowest BCUT2D eigenvalue weighted by atomic mass is 10.1. The van der Waals surface area contributed by atoms with Gasteiger partial charge in [-0.25, -0.2) is 41.4 Å². The number of alkyl halides is 2. The first-order chi connectivity index (χ1) is 14.3. The van der Waals surface area contributed by atoms with Gasteiger partial charge in [-0.3, -0.25) is 4.79 Å². The number of guanidine groups is 1. The van der Waals surface area contributed by atoms with Gasteiger partial charge in [-0.05, 0) is 6.92 Å². The second-order valence-electron chi connectivity index (χ2n) is 7.06. The Kier molecular flexibility index (Phi) is 5.84. The van der Waals surface area contributed by atoms with E-state index in [1.165, 1.54) is 12.4 Å². The van der Waals surface area contributed by atoms with Gasteiger partial charge in [-0.1, -0.05) is 0 Å². The van der Waals surface area contributed by atoms with Crippen molar-refractivity contribution in [2.24, 2.45) is 10.7 Å². The summed E-state index contributed by atoms with van der Waals surface area (Å²) in [5, 5.41) is 4.37. The molecule has 0 fully saturated rings. The van der Waals surface area contributed by atoms with Crippen LogP contribution in [-0.4, -0.2) is 64.9 Å². The standard InChI is InChI=1S/C16H19F2N7O4S2/c1-15(8-31(27,28)25(3)14(19)24-15)13-23-10(6-30-13)22-12(26)9-4-21-11(5-20-9)29-7-16(2,17)18/h4-6H,7-8H2,1-3H3,(H2,19,24)(H,22,26)/t15-/m0/s1. The summed E-state index contributed by atoms with van der Waals surface area (Å²) < 4.78 is 55.9. The van der Waals surface area contributed by atoms with E-state index in [1.54, 1.807) is 6.92 Å². The lowest BCUT2D eigenvalue weighted by Crippen LogP contribution is -2.50. The number of anilines is 1. The van der Waals surface area contributed by atoms with Gasteiger partial charge in [0, 0.05) is 19.4 Å². The van der Waals surface area contributed by atoms with Gasteiger partial charge in [0.1, 0.15) is 27.8 Å². The number of nitrogens with zero attached hydrogens (tertiary/aromatic N) is 5. The molecule has 1 aliphatic heterocycles. The molecule has 3 N–H and O–H groups in total. The molecule has 1 aliphatic rings. The Bertz CT molecular complexity index is 1120. The number of nitrogens with two attached hydrogens (primary N) is 1. The minimum Gasteiger partial charge on any atom is -0.470 e. The monoisotopic (exact) mass is 475 g/mol. The van der Waals surface area contributed by atoms with Crippen molar-refractivity contribution < 1.29 is 26.7 Å². The molecule has 0 bridgehead atoms. The van der Waals surface area contributed by atoms with Crippen molar-refractivity contribution in [1.29, 1.82) is 0 Å². The van der Waals surface area contributed by atoms with Crippen molar-refractivity contribution in [1.82, 2.24) is 19.3 Å². The number of nitrogens with one attached hydrogen (secondary N) is 1. The number of ether oxygens (including phenoxy) is 1. The van der Waals surface area contributed by atoms with Gasteiger partial charge in [-0.2, -0.15) is 0 Å². The van der Waals surface area contributed by atoms with E-state index in [9.17, 15) is 22.0 Å². The second kappa shape index (κ2) is 7.96. The molecule has 0 aliphatic carbocycles. The maximum atomic E-state index is 12.8. The van der Waals surface area contributed by atoms with Crippen LogP contribution in [0, 0.1) is 0 Å². The van der Waals surface area contributed by atoms with Gasteiger partial charge in [0.25, 0.3) is 11.8 Å². The van der Waals surface area contributed by atoms with Crippen molar-refractivity contribution >= 4 is 39.0 Å². The molecule has 168 valence electrons. The van der Waals surface area contributed by atoms with E-state index < -0.39 is 34.0 Å². The third-order valence-corrected chi connectivity index (χ3v) is 7.15. The molecular weight excluding hydrogens is 456 g/mol. The molecule has 0 unspecified atom stereocenters. The summed E-state index contributed by atoms with van der Waals surface area (Å²) in [7, 11) is -2.35. The van der Waals surface area contributed by atoms with E-state index in [2.05, 4.69) is 25.3 Å². The number of carbonyl (C=O) groups is 1. The highest BCUT2D eigenvalue weighted by molar-refractivity contribution is 7.89. The zero-order valence-corrected chi connectivity index (χ0v) is 18.3. The lowest BCUT2D eigenvalue weighted by Gasteiger charge is -2.32. The van der Waals surface area contributed by atoms with Crippen molar-refractivity contribution in [2.45, 2.75) is 25.3 Å². The highest BCUT2D eigenvalue weighted by atomic mass is 32.2. The molecule has 31 heavy (non-hydrogen) atoms. The largest absolute Gasteiger partial charge is 0.470 e. The van der Waals surface area contributed by atoms with Crippen LogP contribution in [0.1, 0.15) is 29.3 Å². The van der Waals surface area contributed by atoms with Gasteiger partial charge in [0.05, 0.1) is 12.4 Å². The molecule has 0 radical (unpaired) electrons. The number of aromatic nitrogens is 3. The fraction of sp³-hybridized carbons (Fsp3) is 0.438. The van der Waals surface area contributed by atoms with E-state index in [1.807, 2.05) is 0 Å². The van der Waals surface area contributed by atoms with Crippen LogP contribution in [0.25, 0.3) is 0 Å². The van der Waals surface area contributed by atoms with Crippen molar-refractivity contribution in [2.75, 3.05) is 24.7 Å². The molecule has 1 amide bonds. The Morgan fingerprint density at radius 1 is 1.42 bits per heavy atom. The zero-order chi connectivity index (χ0) is 23.0. The Morgan fingerprint density at radius 3 is 2.71 bits per heavy atom. The molecule has 0 spiro atoms. The number of amides is 1. The Morgan fingerprint density at radius 2 is 2.13 bits per heavy atom. The summed E-state index contributed by atoms with van der Waals surface area (Å²) in [5.41, 5.74) is 4.42. The third kappa shape index (κ3) is 5.22. The molecule has 15 heteroatoms. The number of sulfonamides is 1. The fourth-order valence-corrected chi connectivity index (χ4v) is 4.91. The Hall–Kier alpha value is -2.94. The number of carbonyl (C=O) groups excluding carboxylic acids is 1. The topological polar surface area (TPSA) is 153 Å². The van der Waals surface area contributed by atoms with E-state index in [4.69, 9.17) is 10.5 Å². The van der Waals surface area contributed by atoms with Crippen LogP contribution >= 0.6 is 11.3 Å². The highest BCUT2D eigenvalue weighted by Crippen LogP contribution is 2.34. The summed E-state index contributed by atoms with van der Waals surface area (Å²) in [5.74, 6) is -4.17. The number of hydrogen-bond acceptors (Lipinski definition) is 10. The third-order valence-electron chi connectivity index (χ3n) is 4.11. The maximum absolute atomic E-state index is 12.8. The predicted molar refractivity (Wildman–Crippen MR) is 109 cm³/mol. The van der Waals surface area contributed by atoms with Crippen LogP contribution in [0.3, 0.4) is 0 Å². The molecule has 2 aromatic rings. The fourth-order valence-electron chi connectivity index (χ4n) is 2.53. The summed E-state index contributed by atoms with van der Waals surface area (Å²) in [6, 6.07) is 0. The highest BCUT2D eigenvalue weighted by Gasteiger charge is 2.42. The predicted octanol–water partition coefficient (Wildman–Crippen LogP) is 1.02. The Balaban J connectivity index is 1.70. The average Bonchev–Trinajstić information content (AvgIpc) is 3.13. The molecule has 3 rings (SSSR count). The molecule has 2 aromatic heterocycles. The van der Waals surface area contributed by atoms with Crippen molar-refractivity contribution in [3.05, 3.63) is 28.5 Å². The van der Waals surface area contributed by atoms with Crippen LogP contribution < -0.4 is 15.8 Å². The summed E-state index contributed by atoms with van der Waals surface area (Å²) in [4.78, 5) is 28.4. The van der Waals surface area contributed by atoms with Crippen LogP contribution in [0.5, 0.6) is 5.88 Å². The number of rotatable bonds is 6. The number of halogens is 2. The first-order valence-electron chi connectivity index (χ1n) is 8.71. The quantitative estimate of drug-likeness (QED) is 0.628. The summed E-state index contributed by atoms with van der Waals surface area (Å²) in [6.45, 7) is 1.41. The first kappa shape index (κ1) is 22.7. The molecule has 0 saturated heterocycles. The smallest absolute Gasteiger partial charge is 0.278 e. The average molecular weight is 476 g/mol. The summed E-state index contributed by atoms with van der Waals surface area (Å²) >= 11 is 1.11. The van der Waals surface area contributed by atoms with Gasteiger partial charge in [0.15, 0.2) is 6.61 Å². The number of thiazole rings is 1. The van der Waals surface area contributed by atoms with Crippen LogP contribution in [-0.2, 0) is 15.6 Å². The molecule has 0 saturated carbocycles. The summed E-state index contributed by atoms with van der Waals surface area (Å²) in [6.07, 6.45) is 2.12. The SMILES string of the molecule is CN1C(N)=N[C@](C)(c2nc(NC(=O)c3cnc(OCC(C)(F)F)cn3)cs2)CS1(=O)=O. The number of hydrogen-bond donors (Lipinski definition) is 2. The molecule has 1 atom stereocenters. The number of aliphatic imine (C=N–C) groups is 1. The van der Waals surface area contributed by atoms with Crippen molar-refractivity contribution in [3.63, 3.8) is 0 Å². The van der Waals surface area contributed by atoms with Crippen molar-refractivity contribution in [3.8, 4) is 5.88 Å².